The fourth-order valence-electron chi connectivity index (χ4n) is 4.58. The second-order valence-electron chi connectivity index (χ2n) is 9.61. The van der Waals surface area contributed by atoms with Gasteiger partial charge >= 0.3 is 0 Å². The summed E-state index contributed by atoms with van der Waals surface area (Å²) in [7, 11) is 0. The van der Waals surface area contributed by atoms with Gasteiger partial charge in [-0.2, -0.15) is 0 Å². The van der Waals surface area contributed by atoms with Crippen LogP contribution in [-0.4, -0.2) is 0 Å². The Kier molecular flexibility index (Phi) is 22.9. The molecule has 0 fully saturated rings. The molecule has 0 heterocycles. The zero-order valence-corrected chi connectivity index (χ0v) is 21.3. The van der Waals surface area contributed by atoms with Crippen molar-refractivity contribution in [2.45, 2.75) is 149 Å². The van der Waals surface area contributed by atoms with Gasteiger partial charge in [-0.15, -0.1) is 11.8 Å². The first-order chi connectivity index (χ1) is 14.7. The zero-order chi connectivity index (χ0) is 22.3. The molecule has 0 rings (SSSR count). The summed E-state index contributed by atoms with van der Waals surface area (Å²) in [6.45, 7) is 15.0. The quantitative estimate of drug-likeness (QED) is 0.129. The van der Waals surface area contributed by atoms with Crippen molar-refractivity contribution in [1.82, 2.24) is 0 Å². The second kappa shape index (κ2) is 23.2. The lowest BCUT2D eigenvalue weighted by Crippen LogP contribution is -2.01. The molecule has 0 aromatic rings. The molecule has 0 bridgehead atoms. The molecule has 0 amide bonds. The van der Waals surface area contributed by atoms with Crippen molar-refractivity contribution >= 4 is 0 Å². The first-order valence-corrected chi connectivity index (χ1v) is 13.8. The Morgan fingerprint density at radius 2 is 0.967 bits per heavy atom. The molecule has 0 aromatic heterocycles. The van der Waals surface area contributed by atoms with Gasteiger partial charge in [0.1, 0.15) is 0 Å². The first kappa shape index (κ1) is 29.6. The third kappa shape index (κ3) is 18.3. The maximum Gasteiger partial charge on any atom is 0.0117 e. The molecule has 176 valence electrons. The van der Waals surface area contributed by atoms with Crippen LogP contribution in [0.4, 0.5) is 0 Å². The highest BCUT2D eigenvalue weighted by Crippen LogP contribution is 2.23. The van der Waals surface area contributed by atoms with Crippen LogP contribution in [0.15, 0.2) is 0 Å². The van der Waals surface area contributed by atoms with Crippen LogP contribution < -0.4 is 0 Å². The predicted octanol–water partition coefficient (Wildman–Crippen LogP) is 10.4. The van der Waals surface area contributed by atoms with Crippen molar-refractivity contribution in [1.29, 1.82) is 0 Å². The van der Waals surface area contributed by atoms with Gasteiger partial charge in [0.2, 0.25) is 0 Å². The predicted molar refractivity (Wildman–Crippen MR) is 138 cm³/mol. The van der Waals surface area contributed by atoms with Gasteiger partial charge in [-0.1, -0.05) is 137 Å². The largest absolute Gasteiger partial charge is 0.103 e. The normalized spacial score (nSPS) is 14.2. The van der Waals surface area contributed by atoms with Crippen LogP contribution in [0, 0.1) is 43.4 Å². The Balaban J connectivity index is 3.82. The molecule has 3 atom stereocenters. The van der Waals surface area contributed by atoms with Crippen LogP contribution in [0.25, 0.3) is 0 Å². The lowest BCUT2D eigenvalue weighted by molar-refractivity contribution is 0.384. The Morgan fingerprint density at radius 1 is 0.500 bits per heavy atom. The van der Waals surface area contributed by atoms with Crippen LogP contribution in [0.5, 0.6) is 0 Å². The van der Waals surface area contributed by atoms with Gasteiger partial charge in [-0.05, 0) is 30.6 Å². The SMILES string of the molecule is [CH2]CCCCCCC(CC)CCCCCC(CC)CC#CCCC(CC)CCC[CH2]. The summed E-state index contributed by atoms with van der Waals surface area (Å²) in [6.07, 6.45) is 26.4. The highest BCUT2D eigenvalue weighted by atomic mass is 14.1. The van der Waals surface area contributed by atoms with E-state index in [2.05, 4.69) is 46.5 Å². The summed E-state index contributed by atoms with van der Waals surface area (Å²) in [6, 6.07) is 0. The van der Waals surface area contributed by atoms with Crippen molar-refractivity contribution in [3.8, 4) is 11.8 Å². The fourth-order valence-corrected chi connectivity index (χ4v) is 4.58. The Labute approximate surface area is 192 Å². The summed E-state index contributed by atoms with van der Waals surface area (Å²) >= 11 is 0. The van der Waals surface area contributed by atoms with Crippen LogP contribution in [0.1, 0.15) is 149 Å². The minimum atomic E-state index is 0.820. The molecule has 0 saturated heterocycles. The van der Waals surface area contributed by atoms with E-state index in [1.807, 2.05) is 0 Å². The molecule has 0 aliphatic carbocycles. The molecular weight excluding hydrogens is 360 g/mol. The molecule has 0 saturated carbocycles. The van der Waals surface area contributed by atoms with E-state index in [1.54, 1.807) is 0 Å². The van der Waals surface area contributed by atoms with E-state index >= 15 is 0 Å². The van der Waals surface area contributed by atoms with Crippen molar-refractivity contribution in [3.63, 3.8) is 0 Å². The summed E-state index contributed by atoms with van der Waals surface area (Å²) in [5.74, 6) is 9.65. The highest BCUT2D eigenvalue weighted by molar-refractivity contribution is 5.00. The van der Waals surface area contributed by atoms with Crippen molar-refractivity contribution in [2.24, 2.45) is 17.8 Å². The first-order valence-electron chi connectivity index (χ1n) is 13.8. The van der Waals surface area contributed by atoms with Crippen LogP contribution in [0.3, 0.4) is 0 Å². The molecule has 0 aromatic carbocycles. The van der Waals surface area contributed by atoms with Gasteiger partial charge in [-0.25, -0.2) is 0 Å². The van der Waals surface area contributed by atoms with Crippen LogP contribution in [-0.2, 0) is 0 Å². The summed E-state index contributed by atoms with van der Waals surface area (Å²) in [5, 5.41) is 0. The van der Waals surface area contributed by atoms with E-state index in [9.17, 15) is 0 Å². The van der Waals surface area contributed by atoms with Gasteiger partial charge in [0, 0.05) is 12.8 Å². The average molecular weight is 417 g/mol. The lowest BCUT2D eigenvalue weighted by Gasteiger charge is -2.15. The highest BCUT2D eigenvalue weighted by Gasteiger charge is 2.08. The molecule has 0 aliphatic rings. The molecule has 3 unspecified atom stereocenters. The van der Waals surface area contributed by atoms with E-state index in [0.717, 1.165) is 43.4 Å². The number of rotatable bonds is 21. The number of unbranched alkanes of at least 4 members (excludes halogenated alkanes) is 7. The van der Waals surface area contributed by atoms with Gasteiger partial charge in [-0.3, -0.25) is 0 Å². The Hall–Kier alpha value is -0.440. The van der Waals surface area contributed by atoms with Crippen LogP contribution in [0.2, 0.25) is 0 Å². The standard InChI is InChI=1S/C30H56/c1-6-11-13-14-17-23-29(9-4)25-20-16-21-27-30(10-5)26-19-15-18-24-28(8-3)22-12-7-2/h28-30H,1-2,6-14,16-18,20-27H2,3-5H3. The molecule has 0 spiro atoms. The van der Waals surface area contributed by atoms with Gasteiger partial charge in [0.15, 0.2) is 0 Å². The van der Waals surface area contributed by atoms with Gasteiger partial charge < -0.3 is 0 Å². The Bertz CT molecular complexity index is 385. The molecule has 0 aliphatic heterocycles. The fraction of sp³-hybridized carbons (Fsp3) is 0.867. The molecule has 0 nitrogen and oxygen atoms in total. The summed E-state index contributed by atoms with van der Waals surface area (Å²) in [4.78, 5) is 0. The van der Waals surface area contributed by atoms with Gasteiger partial charge in [0.05, 0.1) is 0 Å². The van der Waals surface area contributed by atoms with Crippen molar-refractivity contribution in [2.75, 3.05) is 0 Å². The number of hydrogen-bond acceptors (Lipinski definition) is 0. The molecule has 0 heteroatoms. The maximum absolute atomic E-state index is 3.97. The minimum absolute atomic E-state index is 0.820. The van der Waals surface area contributed by atoms with Gasteiger partial charge in [0.25, 0.3) is 0 Å². The zero-order valence-electron chi connectivity index (χ0n) is 21.3. The summed E-state index contributed by atoms with van der Waals surface area (Å²) in [5.41, 5.74) is 0. The third-order valence-electron chi connectivity index (χ3n) is 7.12. The monoisotopic (exact) mass is 416 g/mol. The molecule has 0 N–H and O–H groups in total. The van der Waals surface area contributed by atoms with Crippen molar-refractivity contribution < 1.29 is 0 Å². The van der Waals surface area contributed by atoms with E-state index in [4.69, 9.17) is 0 Å². The lowest BCUT2D eigenvalue weighted by atomic mass is 9.91. The second-order valence-corrected chi connectivity index (χ2v) is 9.61. The minimum Gasteiger partial charge on any atom is -0.103 e. The van der Waals surface area contributed by atoms with E-state index in [-0.39, 0.29) is 0 Å². The smallest absolute Gasteiger partial charge is 0.0117 e. The van der Waals surface area contributed by atoms with Crippen molar-refractivity contribution in [3.05, 3.63) is 13.8 Å². The average Bonchev–Trinajstić information content (AvgIpc) is 2.77. The molecule has 30 heavy (non-hydrogen) atoms. The summed E-state index contributed by atoms with van der Waals surface area (Å²) < 4.78 is 0. The topological polar surface area (TPSA) is 0 Å². The molecule has 2 radical (unpaired) electrons. The Morgan fingerprint density at radius 3 is 1.53 bits per heavy atom. The third-order valence-corrected chi connectivity index (χ3v) is 7.12. The van der Waals surface area contributed by atoms with Crippen LogP contribution >= 0.6 is 0 Å². The van der Waals surface area contributed by atoms with E-state index in [0.29, 0.717) is 0 Å². The maximum atomic E-state index is 3.97. The molecular formula is C30H56. The van der Waals surface area contributed by atoms with E-state index < -0.39 is 0 Å². The van der Waals surface area contributed by atoms with E-state index in [1.165, 1.54) is 103 Å². The number of hydrogen-bond donors (Lipinski definition) is 0.